The Balaban J connectivity index is 1.67. The van der Waals surface area contributed by atoms with Gasteiger partial charge in [0, 0.05) is 45.5 Å². The van der Waals surface area contributed by atoms with Crippen LogP contribution in [0.4, 0.5) is 5.69 Å². The molecule has 7 nitrogen and oxygen atoms in total. The molecular weight excluding hydrogens is 356 g/mol. The summed E-state index contributed by atoms with van der Waals surface area (Å²) in [7, 11) is 1.75. The predicted molar refractivity (Wildman–Crippen MR) is 113 cm³/mol. The van der Waals surface area contributed by atoms with Gasteiger partial charge in [0.05, 0.1) is 12.7 Å². The third kappa shape index (κ3) is 8.71. The number of carbonyl (C=O) groups is 1. The molecular formula is C21H34N4O3. The van der Waals surface area contributed by atoms with Crippen molar-refractivity contribution in [3.8, 4) is 0 Å². The molecule has 0 radical (unpaired) electrons. The first-order chi connectivity index (χ1) is 13.6. The van der Waals surface area contributed by atoms with Crippen molar-refractivity contribution in [2.75, 3.05) is 38.7 Å². The number of rotatable bonds is 10. The number of aliphatic imine (C=N–C) groups is 1. The van der Waals surface area contributed by atoms with Crippen molar-refractivity contribution >= 4 is 17.6 Å². The van der Waals surface area contributed by atoms with Crippen LogP contribution in [0, 0.1) is 5.92 Å². The molecule has 7 heteroatoms. The fourth-order valence-electron chi connectivity index (χ4n) is 2.92. The smallest absolute Gasteiger partial charge is 0.224 e. The molecule has 0 saturated carbocycles. The van der Waals surface area contributed by atoms with Crippen LogP contribution in [0.2, 0.25) is 0 Å². The third-order valence-corrected chi connectivity index (χ3v) is 4.34. The molecule has 1 saturated heterocycles. The lowest BCUT2D eigenvalue weighted by atomic mass is 10.1. The maximum Gasteiger partial charge on any atom is 0.224 e. The number of amides is 1. The molecule has 1 aromatic rings. The lowest BCUT2D eigenvalue weighted by Gasteiger charge is -2.14. The lowest BCUT2D eigenvalue weighted by Crippen LogP contribution is -2.37. The Morgan fingerprint density at radius 1 is 1.36 bits per heavy atom. The van der Waals surface area contributed by atoms with E-state index >= 15 is 0 Å². The Morgan fingerprint density at radius 2 is 2.21 bits per heavy atom. The van der Waals surface area contributed by atoms with E-state index < -0.39 is 0 Å². The van der Waals surface area contributed by atoms with Gasteiger partial charge in [0.1, 0.15) is 0 Å². The highest BCUT2D eigenvalue weighted by Gasteiger charge is 2.15. The van der Waals surface area contributed by atoms with Crippen LogP contribution in [0.5, 0.6) is 0 Å². The molecule has 2 rings (SSSR count). The maximum absolute atomic E-state index is 11.9. The number of nitrogens with one attached hydrogen (secondary N) is 3. The second kappa shape index (κ2) is 12.4. The molecule has 1 aliphatic rings. The van der Waals surface area contributed by atoms with Gasteiger partial charge < -0.3 is 25.4 Å². The number of hydrogen-bond donors (Lipinski definition) is 3. The number of ether oxygens (including phenoxy) is 2. The summed E-state index contributed by atoms with van der Waals surface area (Å²) in [5.74, 6) is 1.14. The zero-order valence-corrected chi connectivity index (χ0v) is 17.3. The molecule has 1 aliphatic heterocycles. The van der Waals surface area contributed by atoms with E-state index in [1.165, 1.54) is 0 Å². The van der Waals surface area contributed by atoms with Crippen molar-refractivity contribution in [3.05, 3.63) is 29.8 Å². The van der Waals surface area contributed by atoms with E-state index in [2.05, 4.69) is 20.9 Å². The maximum atomic E-state index is 11.9. The Hall–Kier alpha value is -2.12. The molecule has 1 amide bonds. The lowest BCUT2D eigenvalue weighted by molar-refractivity contribution is -0.116. The van der Waals surface area contributed by atoms with Crippen molar-refractivity contribution in [1.29, 1.82) is 0 Å². The van der Waals surface area contributed by atoms with Gasteiger partial charge in [-0.2, -0.15) is 0 Å². The van der Waals surface area contributed by atoms with Crippen LogP contribution in [0.1, 0.15) is 38.7 Å². The van der Waals surface area contributed by atoms with Gasteiger partial charge in [-0.1, -0.05) is 26.0 Å². The molecule has 1 aromatic carbocycles. The number of carbonyl (C=O) groups excluding carboxylic acids is 1. The van der Waals surface area contributed by atoms with Gasteiger partial charge in [0.2, 0.25) is 5.91 Å². The monoisotopic (exact) mass is 390 g/mol. The highest BCUT2D eigenvalue weighted by molar-refractivity contribution is 5.90. The minimum atomic E-state index is 0.0453. The van der Waals surface area contributed by atoms with E-state index in [1.807, 2.05) is 38.1 Å². The quantitative estimate of drug-likeness (QED) is 0.325. The number of guanidine groups is 1. The molecule has 0 spiro atoms. The van der Waals surface area contributed by atoms with E-state index in [9.17, 15) is 4.79 Å². The average molecular weight is 391 g/mol. The molecule has 1 fully saturated rings. The molecule has 3 N–H and O–H groups in total. The summed E-state index contributed by atoms with van der Waals surface area (Å²) in [6, 6.07) is 7.86. The van der Waals surface area contributed by atoms with Gasteiger partial charge in [0.15, 0.2) is 5.96 Å². The van der Waals surface area contributed by atoms with Gasteiger partial charge in [-0.3, -0.25) is 9.79 Å². The van der Waals surface area contributed by atoms with Crippen LogP contribution < -0.4 is 16.0 Å². The van der Waals surface area contributed by atoms with E-state index in [1.54, 1.807) is 7.05 Å². The molecule has 1 atom stereocenters. The van der Waals surface area contributed by atoms with Crippen LogP contribution in [-0.2, 0) is 20.8 Å². The molecule has 1 unspecified atom stereocenters. The highest BCUT2D eigenvalue weighted by Crippen LogP contribution is 2.12. The van der Waals surface area contributed by atoms with Crippen LogP contribution >= 0.6 is 0 Å². The summed E-state index contributed by atoms with van der Waals surface area (Å²) in [6.07, 6.45) is 2.68. The summed E-state index contributed by atoms with van der Waals surface area (Å²) in [5.41, 5.74) is 1.90. The SMILES string of the molecule is CN=C(NCCCOC1CCOC1)NCc1cccc(NC(=O)CC(C)C)c1. The van der Waals surface area contributed by atoms with Crippen molar-refractivity contribution in [2.24, 2.45) is 10.9 Å². The van der Waals surface area contributed by atoms with Crippen molar-refractivity contribution < 1.29 is 14.3 Å². The van der Waals surface area contributed by atoms with E-state index in [0.717, 1.165) is 49.8 Å². The van der Waals surface area contributed by atoms with Gasteiger partial charge in [-0.05, 0) is 36.5 Å². The molecule has 156 valence electrons. The standard InChI is InChI=1S/C21H34N4O3/c1-16(2)12-20(26)25-18-7-4-6-17(13-18)14-24-21(22-3)23-9-5-10-28-19-8-11-27-15-19/h4,6-7,13,16,19H,5,8-12,14-15H2,1-3H3,(H,25,26)(H2,22,23,24). The Bertz CT molecular complexity index is 628. The minimum Gasteiger partial charge on any atom is -0.379 e. The molecule has 0 aliphatic carbocycles. The zero-order chi connectivity index (χ0) is 20.2. The van der Waals surface area contributed by atoms with Gasteiger partial charge in [0.25, 0.3) is 0 Å². The molecule has 0 aromatic heterocycles. The molecule has 28 heavy (non-hydrogen) atoms. The van der Waals surface area contributed by atoms with Crippen molar-refractivity contribution in [2.45, 2.75) is 45.8 Å². The normalized spacial score (nSPS) is 17.0. The van der Waals surface area contributed by atoms with Gasteiger partial charge in [-0.25, -0.2) is 0 Å². The number of anilines is 1. The van der Waals surface area contributed by atoms with E-state index in [0.29, 0.717) is 25.5 Å². The second-order valence-corrected chi connectivity index (χ2v) is 7.41. The predicted octanol–water partition coefficient (Wildman–Crippen LogP) is 2.53. The highest BCUT2D eigenvalue weighted by atomic mass is 16.5. The molecule has 0 bridgehead atoms. The summed E-state index contributed by atoms with van der Waals surface area (Å²) >= 11 is 0. The van der Waals surface area contributed by atoms with Crippen LogP contribution in [0.15, 0.2) is 29.3 Å². The zero-order valence-electron chi connectivity index (χ0n) is 17.3. The number of nitrogens with zero attached hydrogens (tertiary/aromatic N) is 1. The Morgan fingerprint density at radius 3 is 2.93 bits per heavy atom. The first kappa shape index (κ1) is 22.2. The summed E-state index contributed by atoms with van der Waals surface area (Å²) in [4.78, 5) is 16.2. The Kier molecular flexibility index (Phi) is 9.79. The number of hydrogen-bond acceptors (Lipinski definition) is 4. The first-order valence-electron chi connectivity index (χ1n) is 10.1. The fraction of sp³-hybridized carbons (Fsp3) is 0.619. The Labute approximate surface area is 168 Å². The topological polar surface area (TPSA) is 84.0 Å². The van der Waals surface area contributed by atoms with Gasteiger partial charge in [-0.15, -0.1) is 0 Å². The first-order valence-corrected chi connectivity index (χ1v) is 10.1. The van der Waals surface area contributed by atoms with Crippen molar-refractivity contribution in [3.63, 3.8) is 0 Å². The second-order valence-electron chi connectivity index (χ2n) is 7.41. The summed E-state index contributed by atoms with van der Waals surface area (Å²) < 4.78 is 11.1. The van der Waals surface area contributed by atoms with Gasteiger partial charge >= 0.3 is 0 Å². The molecule has 1 heterocycles. The van der Waals surface area contributed by atoms with Crippen LogP contribution in [0.3, 0.4) is 0 Å². The summed E-state index contributed by atoms with van der Waals surface area (Å²) in [5, 5.41) is 9.54. The van der Waals surface area contributed by atoms with Crippen molar-refractivity contribution in [1.82, 2.24) is 10.6 Å². The minimum absolute atomic E-state index is 0.0453. The van der Waals surface area contributed by atoms with E-state index in [4.69, 9.17) is 9.47 Å². The summed E-state index contributed by atoms with van der Waals surface area (Å²) in [6.45, 7) is 7.73. The third-order valence-electron chi connectivity index (χ3n) is 4.34. The van der Waals surface area contributed by atoms with E-state index in [-0.39, 0.29) is 12.0 Å². The fourth-order valence-corrected chi connectivity index (χ4v) is 2.92. The van der Waals surface area contributed by atoms with Crippen LogP contribution in [0.25, 0.3) is 0 Å². The van der Waals surface area contributed by atoms with Crippen LogP contribution in [-0.4, -0.2) is 51.4 Å². The average Bonchev–Trinajstić information content (AvgIpc) is 3.17. The largest absolute Gasteiger partial charge is 0.379 e. The number of benzene rings is 1.